The Kier molecular flexibility index (Phi) is 4.06. The maximum atomic E-state index is 4.31. The molecule has 0 fully saturated rings. The van der Waals surface area contributed by atoms with Crippen LogP contribution in [0.4, 0.5) is 11.4 Å². The maximum absolute atomic E-state index is 4.31. The largest absolute Gasteiger partial charge is 0.355 e. The first-order chi connectivity index (χ1) is 10.6. The lowest BCUT2D eigenvalue weighted by molar-refractivity contribution is 0.888. The van der Waals surface area contributed by atoms with Gasteiger partial charge in [-0.1, -0.05) is 29.5 Å². The van der Waals surface area contributed by atoms with Crippen LogP contribution >= 0.6 is 11.3 Å². The first-order valence-corrected chi connectivity index (χ1v) is 7.92. The number of thiazole rings is 1. The van der Waals surface area contributed by atoms with Crippen LogP contribution in [0.15, 0.2) is 58.7 Å². The molecule has 0 aliphatic rings. The van der Waals surface area contributed by atoms with Gasteiger partial charge in [-0.15, -0.1) is 5.10 Å². The van der Waals surface area contributed by atoms with E-state index < -0.39 is 0 Å². The third-order valence-electron chi connectivity index (χ3n) is 3.21. The van der Waals surface area contributed by atoms with Crippen LogP contribution in [0, 0.1) is 0 Å². The van der Waals surface area contributed by atoms with Crippen molar-refractivity contribution in [3.63, 3.8) is 0 Å². The molecule has 0 atom stereocenters. The standard InChI is InChI=1S/C17H18N4S/c1-12(2)19-20-17-21(3)15-10-9-14(11-16(15)22-17)18-13-7-5-4-6-8-13/h4-11,18H,1-3H3/b20-17+. The Morgan fingerprint density at radius 1 is 1.05 bits per heavy atom. The van der Waals surface area contributed by atoms with E-state index in [0.717, 1.165) is 27.4 Å². The molecule has 112 valence electrons. The molecule has 0 aliphatic heterocycles. The summed E-state index contributed by atoms with van der Waals surface area (Å²) in [6, 6.07) is 16.5. The fraction of sp³-hybridized carbons (Fsp3) is 0.176. The number of hydrogen-bond donors (Lipinski definition) is 1. The third kappa shape index (κ3) is 3.09. The van der Waals surface area contributed by atoms with E-state index >= 15 is 0 Å². The van der Waals surface area contributed by atoms with Crippen molar-refractivity contribution in [2.75, 3.05) is 5.32 Å². The number of aryl methyl sites for hydroxylation is 1. The topological polar surface area (TPSA) is 41.7 Å². The van der Waals surface area contributed by atoms with E-state index in [0.29, 0.717) is 0 Å². The van der Waals surface area contributed by atoms with Gasteiger partial charge < -0.3 is 9.88 Å². The zero-order valence-electron chi connectivity index (χ0n) is 12.9. The molecule has 3 rings (SSSR count). The minimum Gasteiger partial charge on any atom is -0.355 e. The van der Waals surface area contributed by atoms with Crippen LogP contribution in [0.5, 0.6) is 0 Å². The number of rotatable bonds is 3. The molecule has 2 aromatic carbocycles. The molecule has 0 unspecified atom stereocenters. The molecule has 0 saturated carbocycles. The quantitative estimate of drug-likeness (QED) is 0.569. The van der Waals surface area contributed by atoms with Crippen LogP contribution in [0.3, 0.4) is 0 Å². The van der Waals surface area contributed by atoms with Crippen molar-refractivity contribution < 1.29 is 0 Å². The van der Waals surface area contributed by atoms with Crippen LogP contribution in [-0.2, 0) is 7.05 Å². The van der Waals surface area contributed by atoms with Gasteiger partial charge in [0.15, 0.2) is 0 Å². The monoisotopic (exact) mass is 310 g/mol. The van der Waals surface area contributed by atoms with Crippen molar-refractivity contribution in [2.45, 2.75) is 13.8 Å². The van der Waals surface area contributed by atoms with Gasteiger partial charge in [-0.25, -0.2) is 0 Å². The molecule has 4 nitrogen and oxygen atoms in total. The SMILES string of the molecule is CC(C)=N/N=c1/sc2cc(Nc3ccccc3)ccc2n1C. The number of aromatic nitrogens is 1. The Labute approximate surface area is 133 Å². The second kappa shape index (κ2) is 6.15. The summed E-state index contributed by atoms with van der Waals surface area (Å²) in [6.45, 7) is 3.89. The Morgan fingerprint density at radius 3 is 2.55 bits per heavy atom. The van der Waals surface area contributed by atoms with Crippen molar-refractivity contribution in [3.8, 4) is 0 Å². The van der Waals surface area contributed by atoms with Crippen molar-refractivity contribution in [1.29, 1.82) is 0 Å². The highest BCUT2D eigenvalue weighted by Crippen LogP contribution is 2.23. The van der Waals surface area contributed by atoms with Gasteiger partial charge in [0.05, 0.1) is 10.2 Å². The van der Waals surface area contributed by atoms with Crippen LogP contribution in [0.25, 0.3) is 10.2 Å². The van der Waals surface area contributed by atoms with E-state index in [4.69, 9.17) is 0 Å². The minimum atomic E-state index is 0.896. The van der Waals surface area contributed by atoms with Gasteiger partial charge in [0.25, 0.3) is 0 Å². The number of nitrogens with zero attached hydrogens (tertiary/aromatic N) is 3. The molecule has 1 N–H and O–H groups in total. The van der Waals surface area contributed by atoms with Gasteiger partial charge in [0.2, 0.25) is 4.80 Å². The summed E-state index contributed by atoms with van der Waals surface area (Å²) in [4.78, 5) is 0.896. The summed E-state index contributed by atoms with van der Waals surface area (Å²) < 4.78 is 3.25. The van der Waals surface area contributed by atoms with Gasteiger partial charge in [-0.3, -0.25) is 0 Å². The minimum absolute atomic E-state index is 0.896. The number of para-hydroxylation sites is 1. The summed E-state index contributed by atoms with van der Waals surface area (Å²) >= 11 is 1.64. The molecule has 1 aromatic heterocycles. The molecule has 0 amide bonds. The van der Waals surface area contributed by atoms with E-state index in [1.165, 1.54) is 4.70 Å². The fourth-order valence-electron chi connectivity index (χ4n) is 2.14. The number of anilines is 2. The van der Waals surface area contributed by atoms with Crippen molar-refractivity contribution in [2.24, 2.45) is 17.3 Å². The van der Waals surface area contributed by atoms with Crippen LogP contribution in [0.2, 0.25) is 0 Å². The predicted molar refractivity (Wildman–Crippen MR) is 94.9 cm³/mol. The first-order valence-electron chi connectivity index (χ1n) is 7.10. The Hall–Kier alpha value is -2.40. The molecule has 0 saturated heterocycles. The highest BCUT2D eigenvalue weighted by molar-refractivity contribution is 7.16. The second-order valence-electron chi connectivity index (χ2n) is 5.26. The maximum Gasteiger partial charge on any atom is 0.211 e. The summed E-state index contributed by atoms with van der Waals surface area (Å²) in [7, 11) is 2.02. The molecule has 1 heterocycles. The number of fused-ring (bicyclic) bond motifs is 1. The average molecular weight is 310 g/mol. The normalized spacial score (nSPS) is 11.7. The highest BCUT2D eigenvalue weighted by atomic mass is 32.1. The molecule has 22 heavy (non-hydrogen) atoms. The summed E-state index contributed by atoms with van der Waals surface area (Å²) in [6.07, 6.45) is 0. The lowest BCUT2D eigenvalue weighted by Crippen LogP contribution is -2.09. The van der Waals surface area contributed by atoms with E-state index in [-0.39, 0.29) is 0 Å². The van der Waals surface area contributed by atoms with Gasteiger partial charge in [0, 0.05) is 24.1 Å². The summed E-state index contributed by atoms with van der Waals surface area (Å²) in [5, 5.41) is 11.9. The molecular formula is C17H18N4S. The molecule has 0 bridgehead atoms. The van der Waals surface area contributed by atoms with Gasteiger partial charge >= 0.3 is 0 Å². The van der Waals surface area contributed by atoms with Crippen molar-refractivity contribution in [1.82, 2.24) is 4.57 Å². The predicted octanol–water partition coefficient (Wildman–Crippen LogP) is 4.28. The molecule has 0 radical (unpaired) electrons. The zero-order valence-corrected chi connectivity index (χ0v) is 13.7. The summed E-state index contributed by atoms with van der Waals surface area (Å²) in [5.41, 5.74) is 4.26. The van der Waals surface area contributed by atoms with Crippen molar-refractivity contribution in [3.05, 3.63) is 53.3 Å². The lowest BCUT2D eigenvalue weighted by atomic mass is 10.2. The lowest BCUT2D eigenvalue weighted by Gasteiger charge is -2.06. The van der Waals surface area contributed by atoms with Gasteiger partial charge in [-0.05, 0) is 44.2 Å². The smallest absolute Gasteiger partial charge is 0.211 e. The first kappa shape index (κ1) is 14.5. The van der Waals surface area contributed by atoms with Crippen LogP contribution in [0.1, 0.15) is 13.8 Å². The Morgan fingerprint density at radius 2 is 1.82 bits per heavy atom. The van der Waals surface area contributed by atoms with Gasteiger partial charge in [-0.2, -0.15) is 5.10 Å². The van der Waals surface area contributed by atoms with Gasteiger partial charge in [0.1, 0.15) is 0 Å². The number of benzene rings is 2. The molecule has 5 heteroatoms. The summed E-state index contributed by atoms with van der Waals surface area (Å²) in [5.74, 6) is 0. The molecule has 0 spiro atoms. The molecular weight excluding hydrogens is 292 g/mol. The Balaban J connectivity index is 2.00. The second-order valence-corrected chi connectivity index (χ2v) is 6.27. The zero-order chi connectivity index (χ0) is 15.5. The fourth-order valence-corrected chi connectivity index (χ4v) is 3.15. The van der Waals surface area contributed by atoms with Crippen LogP contribution in [-0.4, -0.2) is 10.3 Å². The highest BCUT2D eigenvalue weighted by Gasteiger charge is 2.04. The average Bonchev–Trinajstić information content (AvgIpc) is 2.82. The van der Waals surface area contributed by atoms with Crippen LogP contribution < -0.4 is 10.1 Å². The number of hydrogen-bond acceptors (Lipinski definition) is 4. The van der Waals surface area contributed by atoms with E-state index in [1.54, 1.807) is 11.3 Å². The number of nitrogens with one attached hydrogen (secondary N) is 1. The third-order valence-corrected chi connectivity index (χ3v) is 4.29. The molecule has 0 aliphatic carbocycles. The van der Waals surface area contributed by atoms with E-state index in [1.807, 2.05) is 39.1 Å². The Bertz CT molecular complexity index is 884. The molecule has 3 aromatic rings. The van der Waals surface area contributed by atoms with Crippen molar-refractivity contribution >= 4 is 38.6 Å². The van der Waals surface area contributed by atoms with E-state index in [2.05, 4.69) is 50.4 Å². The van der Waals surface area contributed by atoms with E-state index in [9.17, 15) is 0 Å².